The summed E-state index contributed by atoms with van der Waals surface area (Å²) in [6.07, 6.45) is 0. The van der Waals surface area contributed by atoms with Crippen molar-refractivity contribution in [1.82, 2.24) is 4.98 Å². The summed E-state index contributed by atoms with van der Waals surface area (Å²) in [5.74, 6) is 0.508. The molecule has 106 valence electrons. The highest BCUT2D eigenvalue weighted by atomic mass is 32.1. The minimum atomic E-state index is -0.299. The van der Waals surface area contributed by atoms with Crippen molar-refractivity contribution in [1.29, 1.82) is 5.41 Å². The highest BCUT2D eigenvalue weighted by molar-refractivity contribution is 7.13. The van der Waals surface area contributed by atoms with Crippen LogP contribution >= 0.6 is 11.3 Å². The average molecular weight is 293 g/mol. The number of thiazole rings is 1. The van der Waals surface area contributed by atoms with E-state index in [2.05, 4.69) is 4.98 Å². The van der Waals surface area contributed by atoms with Crippen LogP contribution in [0.5, 0.6) is 5.75 Å². The van der Waals surface area contributed by atoms with Gasteiger partial charge in [0.2, 0.25) is 0 Å². The fraction of sp³-hybridized carbons (Fsp3) is 0.286. The van der Waals surface area contributed by atoms with Crippen LogP contribution in [0, 0.1) is 11.2 Å². The molecule has 0 amide bonds. The molecule has 0 saturated heterocycles. The van der Waals surface area contributed by atoms with Crippen LogP contribution in [0.15, 0.2) is 24.3 Å². The van der Waals surface area contributed by atoms with Crippen molar-refractivity contribution >= 4 is 17.2 Å². The van der Waals surface area contributed by atoms with E-state index in [1.807, 2.05) is 13.8 Å². The fourth-order valence-electron chi connectivity index (χ4n) is 1.70. The lowest BCUT2D eigenvalue weighted by Crippen LogP contribution is -2.12. The zero-order chi connectivity index (χ0) is 14.7. The number of nitrogen functional groups attached to an aromatic ring is 1. The van der Waals surface area contributed by atoms with E-state index in [4.69, 9.17) is 15.9 Å². The molecular weight excluding hydrogens is 277 g/mol. The summed E-state index contributed by atoms with van der Waals surface area (Å²) < 4.78 is 18.3. The third kappa shape index (κ3) is 3.33. The summed E-state index contributed by atoms with van der Waals surface area (Å²) in [5.41, 5.74) is 6.38. The Morgan fingerprint density at radius 3 is 2.55 bits per heavy atom. The van der Waals surface area contributed by atoms with Crippen molar-refractivity contribution in [2.45, 2.75) is 26.4 Å². The van der Waals surface area contributed by atoms with Gasteiger partial charge >= 0.3 is 0 Å². The molecule has 0 aliphatic heterocycles. The molecule has 0 bridgehead atoms. The van der Waals surface area contributed by atoms with Gasteiger partial charge in [0, 0.05) is 0 Å². The molecule has 0 radical (unpaired) electrons. The van der Waals surface area contributed by atoms with Crippen LogP contribution < -0.4 is 10.5 Å². The largest absolute Gasteiger partial charge is 0.486 e. The number of hydrogen-bond donors (Lipinski definition) is 2. The molecule has 6 heteroatoms. The number of nitrogens with zero attached hydrogens (tertiary/aromatic N) is 1. The van der Waals surface area contributed by atoms with Crippen molar-refractivity contribution < 1.29 is 9.13 Å². The van der Waals surface area contributed by atoms with Crippen molar-refractivity contribution in [3.63, 3.8) is 0 Å². The third-order valence-electron chi connectivity index (χ3n) is 2.67. The van der Waals surface area contributed by atoms with Crippen LogP contribution in [0.1, 0.15) is 35.3 Å². The molecule has 0 aliphatic carbocycles. The summed E-state index contributed by atoms with van der Waals surface area (Å²) in [5, 5.41) is 8.32. The Labute approximate surface area is 120 Å². The number of benzene rings is 1. The van der Waals surface area contributed by atoms with Crippen molar-refractivity contribution in [2.24, 2.45) is 5.73 Å². The lowest BCUT2D eigenvalue weighted by atomic mass is 10.1. The minimum Gasteiger partial charge on any atom is -0.486 e. The number of rotatable bonds is 5. The molecule has 1 aromatic carbocycles. The monoisotopic (exact) mass is 293 g/mol. The Bertz CT molecular complexity index is 607. The van der Waals surface area contributed by atoms with Gasteiger partial charge in [0.05, 0.1) is 10.6 Å². The lowest BCUT2D eigenvalue weighted by molar-refractivity contribution is 0.304. The molecule has 2 rings (SSSR count). The Kier molecular flexibility index (Phi) is 4.34. The van der Waals surface area contributed by atoms with Gasteiger partial charge in [-0.3, -0.25) is 5.41 Å². The second kappa shape index (κ2) is 6.00. The van der Waals surface area contributed by atoms with Crippen LogP contribution in [0.25, 0.3) is 0 Å². The van der Waals surface area contributed by atoms with Gasteiger partial charge in [-0.25, -0.2) is 9.37 Å². The van der Waals surface area contributed by atoms with E-state index in [1.165, 1.54) is 23.5 Å². The smallest absolute Gasteiger partial charge is 0.140 e. The van der Waals surface area contributed by atoms with E-state index in [9.17, 15) is 4.39 Å². The molecule has 0 aliphatic rings. The highest BCUT2D eigenvalue weighted by Crippen LogP contribution is 2.25. The predicted octanol–water partition coefficient (Wildman–Crippen LogP) is 3.27. The predicted molar refractivity (Wildman–Crippen MR) is 78.0 cm³/mol. The lowest BCUT2D eigenvalue weighted by Gasteiger charge is -2.03. The number of ether oxygens (including phenoxy) is 1. The Morgan fingerprint density at radius 2 is 2.05 bits per heavy atom. The van der Waals surface area contributed by atoms with Gasteiger partial charge in [-0.05, 0) is 30.2 Å². The first-order valence-electron chi connectivity index (χ1n) is 6.19. The maximum Gasteiger partial charge on any atom is 0.140 e. The summed E-state index contributed by atoms with van der Waals surface area (Å²) in [4.78, 5) is 5.15. The number of halogens is 1. The molecule has 2 aromatic rings. The average Bonchev–Trinajstić information content (AvgIpc) is 2.83. The summed E-state index contributed by atoms with van der Waals surface area (Å²) in [6, 6.07) is 5.83. The molecule has 1 heterocycles. The van der Waals surface area contributed by atoms with Gasteiger partial charge in [0.25, 0.3) is 0 Å². The molecule has 0 unspecified atom stereocenters. The number of nitrogens with one attached hydrogen (secondary N) is 1. The maximum atomic E-state index is 12.8. The number of amidine groups is 1. The Hall–Kier alpha value is -1.95. The minimum absolute atomic E-state index is 0.0271. The van der Waals surface area contributed by atoms with E-state index >= 15 is 0 Å². The van der Waals surface area contributed by atoms with Crippen LogP contribution in [-0.2, 0) is 6.61 Å². The summed E-state index contributed by atoms with van der Waals surface area (Å²) in [6.45, 7) is 4.29. The quantitative estimate of drug-likeness (QED) is 0.656. The summed E-state index contributed by atoms with van der Waals surface area (Å²) in [7, 11) is 0. The van der Waals surface area contributed by atoms with Gasteiger partial charge in [0.1, 0.15) is 29.0 Å². The second-order valence-corrected chi connectivity index (χ2v) is 5.72. The molecule has 1 aromatic heterocycles. The molecule has 0 atom stereocenters. The molecule has 3 N–H and O–H groups in total. The first-order valence-corrected chi connectivity index (χ1v) is 7.01. The number of aromatic nitrogens is 1. The highest BCUT2D eigenvalue weighted by Gasteiger charge is 2.16. The van der Waals surface area contributed by atoms with E-state index in [-0.39, 0.29) is 24.2 Å². The van der Waals surface area contributed by atoms with E-state index < -0.39 is 0 Å². The zero-order valence-corrected chi connectivity index (χ0v) is 12.1. The van der Waals surface area contributed by atoms with Crippen LogP contribution in [0.3, 0.4) is 0 Å². The van der Waals surface area contributed by atoms with Crippen molar-refractivity contribution in [3.05, 3.63) is 45.7 Å². The first-order chi connectivity index (χ1) is 9.47. The fourth-order valence-corrected chi connectivity index (χ4v) is 2.69. The topological polar surface area (TPSA) is 72.0 Å². The van der Waals surface area contributed by atoms with Gasteiger partial charge < -0.3 is 10.5 Å². The Balaban J connectivity index is 2.12. The van der Waals surface area contributed by atoms with Gasteiger partial charge in [0.15, 0.2) is 0 Å². The van der Waals surface area contributed by atoms with E-state index in [0.717, 1.165) is 10.7 Å². The number of nitrogens with two attached hydrogens (primary N) is 1. The third-order valence-corrected chi connectivity index (χ3v) is 3.74. The standard InChI is InChI=1S/C14H16FN3OS/c1-8(2)12-13(14(16)17)20-11(18-12)7-19-10-5-3-9(15)4-6-10/h3-6,8H,7H2,1-2H3,(H3,16,17). The summed E-state index contributed by atoms with van der Waals surface area (Å²) >= 11 is 1.36. The SMILES string of the molecule is CC(C)c1nc(COc2ccc(F)cc2)sc1C(=N)N. The van der Waals surface area contributed by atoms with Crippen LogP contribution in [0.4, 0.5) is 4.39 Å². The van der Waals surface area contributed by atoms with Crippen LogP contribution in [-0.4, -0.2) is 10.8 Å². The Morgan fingerprint density at radius 1 is 1.40 bits per heavy atom. The van der Waals surface area contributed by atoms with Crippen LogP contribution in [0.2, 0.25) is 0 Å². The van der Waals surface area contributed by atoms with E-state index in [1.54, 1.807) is 12.1 Å². The molecule has 0 saturated carbocycles. The van der Waals surface area contributed by atoms with Gasteiger partial charge in [-0.2, -0.15) is 0 Å². The van der Waals surface area contributed by atoms with Crippen molar-refractivity contribution in [3.8, 4) is 5.75 Å². The number of hydrogen-bond acceptors (Lipinski definition) is 4. The zero-order valence-electron chi connectivity index (χ0n) is 11.3. The van der Waals surface area contributed by atoms with Gasteiger partial charge in [-0.1, -0.05) is 13.8 Å². The first kappa shape index (κ1) is 14.5. The normalized spacial score (nSPS) is 10.8. The van der Waals surface area contributed by atoms with Gasteiger partial charge in [-0.15, -0.1) is 11.3 Å². The molecule has 0 fully saturated rings. The molecule has 0 spiro atoms. The van der Waals surface area contributed by atoms with E-state index in [0.29, 0.717) is 10.6 Å². The molecular formula is C14H16FN3OS. The van der Waals surface area contributed by atoms with Crippen molar-refractivity contribution in [2.75, 3.05) is 0 Å². The second-order valence-electron chi connectivity index (χ2n) is 4.63. The maximum absolute atomic E-state index is 12.8. The molecule has 20 heavy (non-hydrogen) atoms. The molecule has 4 nitrogen and oxygen atoms in total.